The van der Waals surface area contributed by atoms with Crippen LogP contribution in [0.5, 0.6) is 0 Å². The van der Waals surface area contributed by atoms with E-state index in [1.807, 2.05) is 6.92 Å². The van der Waals surface area contributed by atoms with Crippen molar-refractivity contribution in [1.82, 2.24) is 14.2 Å². The Bertz CT molecular complexity index is 861. The maximum Gasteiger partial charge on any atom is 0.335 e. The average Bonchev–Trinajstić information content (AvgIpc) is 2.88. The molecule has 0 radical (unpaired) electrons. The lowest BCUT2D eigenvalue weighted by molar-refractivity contribution is 0.0697. The van der Waals surface area contributed by atoms with Gasteiger partial charge < -0.3 is 9.67 Å². The molecule has 0 fully saturated rings. The highest BCUT2D eigenvalue weighted by Crippen LogP contribution is 2.16. The van der Waals surface area contributed by atoms with Gasteiger partial charge in [0.25, 0.3) is 5.56 Å². The molecule has 0 atom stereocenters. The van der Waals surface area contributed by atoms with Crippen molar-refractivity contribution in [2.24, 2.45) is 0 Å². The van der Waals surface area contributed by atoms with Gasteiger partial charge in [0.1, 0.15) is 5.52 Å². The van der Waals surface area contributed by atoms with E-state index >= 15 is 0 Å². The third-order valence-corrected chi connectivity index (χ3v) is 3.16. The Morgan fingerprint density at radius 3 is 2.74 bits per heavy atom. The number of rotatable bonds is 2. The van der Waals surface area contributed by atoms with Crippen LogP contribution < -0.4 is 5.56 Å². The molecule has 3 aromatic rings. The zero-order valence-corrected chi connectivity index (χ0v) is 10.2. The molecule has 0 aliphatic heterocycles. The van der Waals surface area contributed by atoms with Crippen molar-refractivity contribution in [3.63, 3.8) is 0 Å². The van der Waals surface area contributed by atoms with Gasteiger partial charge in [-0.1, -0.05) is 0 Å². The molecule has 0 spiro atoms. The van der Waals surface area contributed by atoms with E-state index in [0.29, 0.717) is 23.1 Å². The highest BCUT2D eigenvalue weighted by molar-refractivity contribution is 5.92. The third kappa shape index (κ3) is 1.53. The van der Waals surface area contributed by atoms with Crippen molar-refractivity contribution < 1.29 is 9.90 Å². The smallest absolute Gasteiger partial charge is 0.335 e. The van der Waals surface area contributed by atoms with E-state index in [9.17, 15) is 9.59 Å². The lowest BCUT2D eigenvalue weighted by Crippen LogP contribution is -2.22. The molecule has 6 heteroatoms. The summed E-state index contributed by atoms with van der Waals surface area (Å²) in [6.45, 7) is 2.32. The summed E-state index contributed by atoms with van der Waals surface area (Å²) < 4.78 is 3.09. The second kappa shape index (κ2) is 3.94. The van der Waals surface area contributed by atoms with E-state index in [-0.39, 0.29) is 11.1 Å². The SMILES string of the molecule is CCn1c(=O)c2ccnn2c2ccc(C(=O)O)cc21. The number of carbonyl (C=O) groups is 1. The van der Waals surface area contributed by atoms with Gasteiger partial charge >= 0.3 is 5.97 Å². The van der Waals surface area contributed by atoms with Crippen LogP contribution >= 0.6 is 0 Å². The molecular weight excluding hydrogens is 246 g/mol. The number of hydrogen-bond acceptors (Lipinski definition) is 3. The molecule has 0 aliphatic carbocycles. The van der Waals surface area contributed by atoms with Gasteiger partial charge in [-0.25, -0.2) is 9.31 Å². The fourth-order valence-corrected chi connectivity index (χ4v) is 2.27. The van der Waals surface area contributed by atoms with E-state index in [2.05, 4.69) is 5.10 Å². The third-order valence-electron chi connectivity index (χ3n) is 3.16. The Balaban J connectivity index is 2.56. The number of hydrogen-bond donors (Lipinski definition) is 1. The summed E-state index contributed by atoms with van der Waals surface area (Å²) in [5.74, 6) is -1.02. The highest BCUT2D eigenvalue weighted by atomic mass is 16.4. The van der Waals surface area contributed by atoms with Gasteiger partial charge in [0.2, 0.25) is 0 Å². The summed E-state index contributed by atoms with van der Waals surface area (Å²) in [4.78, 5) is 23.3. The van der Waals surface area contributed by atoms with Crippen LogP contribution in [-0.2, 0) is 6.54 Å². The van der Waals surface area contributed by atoms with Crippen LogP contribution in [0.4, 0.5) is 0 Å². The van der Waals surface area contributed by atoms with Crippen LogP contribution in [0.3, 0.4) is 0 Å². The number of aromatic carboxylic acids is 1. The van der Waals surface area contributed by atoms with Crippen molar-refractivity contribution in [2.45, 2.75) is 13.5 Å². The molecule has 2 heterocycles. The lowest BCUT2D eigenvalue weighted by Gasteiger charge is -2.10. The summed E-state index contributed by atoms with van der Waals surface area (Å²) in [6.07, 6.45) is 1.56. The second-order valence-corrected chi connectivity index (χ2v) is 4.19. The average molecular weight is 257 g/mol. The standard InChI is InChI=1S/C13H11N3O3/c1-2-15-11-7-8(13(18)19)3-4-9(11)16-10(12(15)17)5-6-14-16/h3-7H,2H2,1H3,(H,18,19). The van der Waals surface area contributed by atoms with Gasteiger partial charge in [-0.15, -0.1) is 0 Å². The second-order valence-electron chi connectivity index (χ2n) is 4.19. The molecule has 0 amide bonds. The minimum Gasteiger partial charge on any atom is -0.478 e. The number of carboxylic acids is 1. The lowest BCUT2D eigenvalue weighted by atomic mass is 10.2. The Morgan fingerprint density at radius 1 is 1.26 bits per heavy atom. The molecule has 0 saturated carbocycles. The van der Waals surface area contributed by atoms with Gasteiger partial charge in [-0.05, 0) is 31.2 Å². The number of aromatic nitrogens is 3. The van der Waals surface area contributed by atoms with E-state index in [1.54, 1.807) is 22.9 Å². The largest absolute Gasteiger partial charge is 0.478 e. The zero-order chi connectivity index (χ0) is 13.6. The number of fused-ring (bicyclic) bond motifs is 3. The molecule has 0 unspecified atom stereocenters. The van der Waals surface area contributed by atoms with Crippen molar-refractivity contribution in [2.75, 3.05) is 0 Å². The van der Waals surface area contributed by atoms with Gasteiger partial charge in [0.05, 0.1) is 22.8 Å². The minimum atomic E-state index is -1.02. The summed E-state index contributed by atoms with van der Waals surface area (Å²) in [5, 5.41) is 13.2. The quantitative estimate of drug-likeness (QED) is 0.752. The molecular formula is C13H11N3O3. The van der Waals surface area contributed by atoms with Crippen LogP contribution in [0.1, 0.15) is 17.3 Å². The van der Waals surface area contributed by atoms with E-state index in [1.165, 1.54) is 16.6 Å². The zero-order valence-electron chi connectivity index (χ0n) is 10.2. The molecule has 0 saturated heterocycles. The predicted octanol–water partition coefficient (Wildman–Crippen LogP) is 1.37. The van der Waals surface area contributed by atoms with Crippen LogP contribution in [0.25, 0.3) is 16.6 Å². The van der Waals surface area contributed by atoms with E-state index < -0.39 is 5.97 Å². The molecule has 0 bridgehead atoms. The monoisotopic (exact) mass is 257 g/mol. The maximum atomic E-state index is 12.3. The number of aryl methyl sites for hydroxylation is 1. The first-order valence-electron chi connectivity index (χ1n) is 5.87. The molecule has 6 nitrogen and oxygen atoms in total. The molecule has 19 heavy (non-hydrogen) atoms. The number of nitrogens with zero attached hydrogens (tertiary/aromatic N) is 3. The molecule has 3 rings (SSSR count). The minimum absolute atomic E-state index is 0.153. The fraction of sp³-hybridized carbons (Fsp3) is 0.154. The van der Waals surface area contributed by atoms with Crippen molar-refractivity contribution in [3.05, 3.63) is 46.4 Å². The first kappa shape index (κ1) is 11.5. The highest BCUT2D eigenvalue weighted by Gasteiger charge is 2.12. The van der Waals surface area contributed by atoms with Crippen LogP contribution in [0, 0.1) is 0 Å². The Labute approximate surface area is 107 Å². The van der Waals surface area contributed by atoms with Gasteiger partial charge in [0, 0.05) is 6.54 Å². The number of benzene rings is 1. The summed E-state index contributed by atoms with van der Waals surface area (Å²) >= 11 is 0. The van der Waals surface area contributed by atoms with Crippen LogP contribution in [0.15, 0.2) is 35.3 Å². The Morgan fingerprint density at radius 2 is 2.05 bits per heavy atom. The summed E-state index contributed by atoms with van der Waals surface area (Å²) in [7, 11) is 0. The fourth-order valence-electron chi connectivity index (χ4n) is 2.27. The Kier molecular flexibility index (Phi) is 2.38. The normalized spacial score (nSPS) is 11.2. The van der Waals surface area contributed by atoms with E-state index in [4.69, 9.17) is 5.11 Å². The first-order chi connectivity index (χ1) is 9.13. The maximum absolute atomic E-state index is 12.3. The summed E-state index contributed by atoms with van der Waals surface area (Å²) in [5.41, 5.74) is 1.75. The van der Waals surface area contributed by atoms with Gasteiger partial charge in [-0.3, -0.25) is 4.79 Å². The van der Waals surface area contributed by atoms with Crippen molar-refractivity contribution >= 4 is 22.5 Å². The summed E-state index contributed by atoms with van der Waals surface area (Å²) in [6, 6.07) is 6.34. The topological polar surface area (TPSA) is 76.6 Å². The predicted molar refractivity (Wildman–Crippen MR) is 69.6 cm³/mol. The molecule has 96 valence electrons. The van der Waals surface area contributed by atoms with Crippen molar-refractivity contribution in [1.29, 1.82) is 0 Å². The van der Waals surface area contributed by atoms with Gasteiger partial charge in [-0.2, -0.15) is 5.10 Å². The van der Waals surface area contributed by atoms with E-state index in [0.717, 1.165) is 0 Å². The molecule has 1 aromatic carbocycles. The van der Waals surface area contributed by atoms with Crippen molar-refractivity contribution in [3.8, 4) is 0 Å². The van der Waals surface area contributed by atoms with Crippen LogP contribution in [0.2, 0.25) is 0 Å². The molecule has 2 aromatic heterocycles. The molecule has 1 N–H and O–H groups in total. The van der Waals surface area contributed by atoms with Gasteiger partial charge in [0.15, 0.2) is 0 Å². The van der Waals surface area contributed by atoms with Crippen LogP contribution in [-0.4, -0.2) is 25.3 Å². The number of carboxylic acid groups (broad SMARTS) is 1. The Hall–Kier alpha value is -2.63. The first-order valence-corrected chi connectivity index (χ1v) is 5.87. The molecule has 0 aliphatic rings.